The predicted molar refractivity (Wildman–Crippen MR) is 175 cm³/mol. The first kappa shape index (κ1) is 39.6. The molecule has 3 aromatic rings. The van der Waals surface area contributed by atoms with Crippen molar-refractivity contribution in [2.75, 3.05) is 13.7 Å². The molecule has 0 unspecified atom stereocenters. The van der Waals surface area contributed by atoms with Gasteiger partial charge in [0.2, 0.25) is 17.5 Å². The normalized spacial score (nSPS) is 30.0. The Hall–Kier alpha value is -4.57. The van der Waals surface area contributed by atoms with E-state index < -0.39 is 115 Å². The van der Waals surface area contributed by atoms with E-state index in [4.69, 9.17) is 37.9 Å². The molecule has 11 atom stereocenters. The summed E-state index contributed by atoms with van der Waals surface area (Å²) in [5.41, 5.74) is -2.96. The average Bonchev–Trinajstić information content (AvgIpc) is 3.08. The average molecular weight is 753 g/mol. The van der Waals surface area contributed by atoms with Crippen LogP contribution in [0.4, 0.5) is 0 Å². The number of fused-ring (bicyclic) bond motifs is 1. The number of methoxy groups -OCH3 is 1. The number of aliphatic hydroxyl groups excluding tert-OH is 5. The number of rotatable bonds is 12. The maximum Gasteiger partial charge on any atom is 0.308 e. The smallest absolute Gasteiger partial charge is 0.308 e. The van der Waals surface area contributed by atoms with Crippen LogP contribution in [0.3, 0.4) is 0 Å². The number of ether oxygens (including phenoxy) is 6. The molecular formula is C34H40O19. The molecule has 0 spiro atoms. The lowest BCUT2D eigenvalue weighted by molar-refractivity contribution is -0.349. The Bertz CT molecular complexity index is 1840. The van der Waals surface area contributed by atoms with Crippen LogP contribution in [0, 0.1) is 0 Å². The highest BCUT2D eigenvalue weighted by molar-refractivity contribution is 5.88. The Labute approximate surface area is 299 Å². The van der Waals surface area contributed by atoms with Crippen LogP contribution in [0.1, 0.15) is 26.7 Å². The van der Waals surface area contributed by atoms with Crippen LogP contribution >= 0.6 is 0 Å². The number of aliphatic hydroxyl groups is 6. The van der Waals surface area contributed by atoms with Crippen molar-refractivity contribution in [2.45, 2.75) is 93.7 Å². The summed E-state index contributed by atoms with van der Waals surface area (Å²) >= 11 is 0. The maximum atomic E-state index is 13.9. The number of hydrogen-bond acceptors (Lipinski definition) is 18. The van der Waals surface area contributed by atoms with Crippen LogP contribution in [0.15, 0.2) is 45.6 Å². The van der Waals surface area contributed by atoms with Crippen molar-refractivity contribution in [1.29, 1.82) is 0 Å². The first-order chi connectivity index (χ1) is 24.9. The lowest BCUT2D eigenvalue weighted by Gasteiger charge is -2.45. The van der Waals surface area contributed by atoms with E-state index in [9.17, 15) is 55.2 Å². The Morgan fingerprint density at radius 3 is 2.19 bits per heavy atom. The summed E-state index contributed by atoms with van der Waals surface area (Å²) in [6.07, 6.45) is -19.1. The van der Waals surface area contributed by atoms with Gasteiger partial charge in [0.05, 0.1) is 31.7 Å². The van der Waals surface area contributed by atoms with Crippen LogP contribution in [0.5, 0.6) is 23.0 Å². The molecule has 2 aliphatic rings. The predicted octanol–water partition coefficient (Wildman–Crippen LogP) is -0.923. The summed E-state index contributed by atoms with van der Waals surface area (Å²) in [7, 11) is 1.32. The Balaban J connectivity index is 1.50. The van der Waals surface area contributed by atoms with Gasteiger partial charge in [0.25, 0.3) is 0 Å². The summed E-state index contributed by atoms with van der Waals surface area (Å²) in [4.78, 5) is 37.8. The molecule has 19 heteroatoms. The molecule has 1 aromatic heterocycles. The number of carbonyl (C=O) groups is 2. The van der Waals surface area contributed by atoms with Gasteiger partial charge in [-0.15, -0.1) is 0 Å². The van der Waals surface area contributed by atoms with E-state index in [0.29, 0.717) is 0 Å². The van der Waals surface area contributed by atoms with Crippen LogP contribution < -0.4 is 14.9 Å². The van der Waals surface area contributed by atoms with Crippen molar-refractivity contribution in [3.63, 3.8) is 0 Å². The lowest BCUT2D eigenvalue weighted by atomic mass is 9.97. The molecule has 2 aromatic carbocycles. The summed E-state index contributed by atoms with van der Waals surface area (Å²) in [6.45, 7) is 1.63. The Morgan fingerprint density at radius 1 is 0.887 bits per heavy atom. The van der Waals surface area contributed by atoms with Gasteiger partial charge in [0, 0.05) is 17.7 Å². The lowest BCUT2D eigenvalue weighted by Crippen LogP contribution is -2.64. The molecule has 5 rings (SSSR count). The van der Waals surface area contributed by atoms with E-state index in [1.54, 1.807) is 0 Å². The SMILES string of the molecule is COc1cc(O)c2c(=O)c(O[C@H]3O[C@@H](COC(=O)C[C@](C)(O)CC(=O)O)[C@H](O[C@@H]4O[C@H](C)[C@@H](O)[C@H](O)[C@@H]4O)[C@@H](O)[C@@H]3O)c(-c3ccc(O)cc3)oc2c1. The maximum absolute atomic E-state index is 13.9. The van der Waals surface area contributed by atoms with Crippen molar-refractivity contribution < 1.29 is 88.4 Å². The number of benzene rings is 2. The van der Waals surface area contributed by atoms with Crippen LogP contribution in [-0.2, 0) is 28.5 Å². The molecular weight excluding hydrogens is 712 g/mol. The molecule has 0 bridgehead atoms. The first-order valence-electron chi connectivity index (χ1n) is 16.2. The highest BCUT2D eigenvalue weighted by atomic mass is 16.7. The second-order valence-corrected chi connectivity index (χ2v) is 13.0. The topological polar surface area (TPSA) is 302 Å². The molecule has 9 N–H and O–H groups in total. The summed E-state index contributed by atoms with van der Waals surface area (Å²) in [5, 5.41) is 93.2. The number of phenols is 2. The van der Waals surface area contributed by atoms with E-state index in [1.807, 2.05) is 0 Å². The monoisotopic (exact) mass is 752 g/mol. The van der Waals surface area contributed by atoms with Gasteiger partial charge in [0.1, 0.15) is 77.6 Å². The number of carboxylic acids is 1. The fraction of sp³-hybridized carbons (Fsp3) is 0.500. The molecule has 3 heterocycles. The third kappa shape index (κ3) is 8.64. The number of phenolic OH excluding ortho intramolecular Hbond substituents is 2. The van der Waals surface area contributed by atoms with E-state index >= 15 is 0 Å². The summed E-state index contributed by atoms with van der Waals surface area (Å²) in [6, 6.07) is 7.75. The van der Waals surface area contributed by atoms with Crippen molar-refractivity contribution in [3.8, 4) is 34.3 Å². The fourth-order valence-electron chi connectivity index (χ4n) is 5.91. The zero-order valence-corrected chi connectivity index (χ0v) is 28.5. The van der Waals surface area contributed by atoms with Gasteiger partial charge in [-0.05, 0) is 38.1 Å². The second kappa shape index (κ2) is 15.8. The molecule has 19 nitrogen and oxygen atoms in total. The van der Waals surface area contributed by atoms with Gasteiger partial charge >= 0.3 is 11.9 Å². The number of hydrogen-bond donors (Lipinski definition) is 9. The van der Waals surface area contributed by atoms with Gasteiger partial charge in [-0.3, -0.25) is 14.4 Å². The van der Waals surface area contributed by atoms with Crippen molar-refractivity contribution in [3.05, 3.63) is 46.6 Å². The largest absolute Gasteiger partial charge is 0.508 e. The molecule has 2 fully saturated rings. The molecule has 0 amide bonds. The summed E-state index contributed by atoms with van der Waals surface area (Å²) < 4.78 is 39.3. The number of aromatic hydroxyl groups is 2. The standard InChI is InChI=1S/C34H40O19/c1-13-23(40)25(42)27(44)32(49-13)52-30-19(12-48-21(39)11-34(2,46)10-20(37)38)51-33(28(45)26(30)43)53-31-24(41)22-17(36)8-16(47-3)9-18(22)50-29(31)14-4-6-15(35)7-5-14/h4-9,13,19,23,25-28,30,32-33,35-36,40,42-46H,10-12H2,1-3H3,(H,37,38)/t13-,19+,23-,25+,26+,27+,28+,30+,32+,33-,34-/m1/s1. The molecule has 0 aliphatic carbocycles. The van der Waals surface area contributed by atoms with E-state index in [-0.39, 0.29) is 33.8 Å². The fourth-order valence-corrected chi connectivity index (χ4v) is 5.91. The molecule has 53 heavy (non-hydrogen) atoms. The van der Waals surface area contributed by atoms with E-state index in [1.165, 1.54) is 44.4 Å². The van der Waals surface area contributed by atoms with Gasteiger partial charge in [-0.25, -0.2) is 0 Å². The minimum atomic E-state index is -2.08. The Morgan fingerprint density at radius 2 is 1.55 bits per heavy atom. The van der Waals surface area contributed by atoms with E-state index in [2.05, 4.69) is 0 Å². The van der Waals surface area contributed by atoms with Gasteiger partial charge in [0.15, 0.2) is 12.1 Å². The van der Waals surface area contributed by atoms with E-state index in [0.717, 1.165) is 13.0 Å². The Kier molecular flexibility index (Phi) is 11.8. The second-order valence-electron chi connectivity index (χ2n) is 13.0. The zero-order valence-electron chi connectivity index (χ0n) is 28.5. The number of carbonyl (C=O) groups excluding carboxylic acids is 1. The highest BCUT2D eigenvalue weighted by Crippen LogP contribution is 2.38. The minimum Gasteiger partial charge on any atom is -0.508 e. The first-order valence-corrected chi connectivity index (χ1v) is 16.2. The number of esters is 1. The highest BCUT2D eigenvalue weighted by Gasteiger charge is 2.51. The van der Waals surface area contributed by atoms with Gasteiger partial charge in [-0.2, -0.15) is 0 Å². The van der Waals surface area contributed by atoms with Crippen molar-refractivity contribution >= 4 is 22.9 Å². The third-order valence-electron chi connectivity index (χ3n) is 8.71. The molecule has 0 saturated carbocycles. The zero-order chi connectivity index (χ0) is 38.9. The minimum absolute atomic E-state index is 0.133. The van der Waals surface area contributed by atoms with Crippen LogP contribution in [0.25, 0.3) is 22.3 Å². The van der Waals surface area contributed by atoms with Gasteiger partial charge in [-0.1, -0.05) is 0 Å². The number of carboxylic acid groups (broad SMARTS) is 1. The third-order valence-corrected chi connectivity index (χ3v) is 8.71. The molecule has 0 radical (unpaired) electrons. The number of aliphatic carboxylic acids is 1. The van der Waals surface area contributed by atoms with Crippen LogP contribution in [-0.4, -0.2) is 139 Å². The van der Waals surface area contributed by atoms with Crippen molar-refractivity contribution in [2.24, 2.45) is 0 Å². The molecule has 2 saturated heterocycles. The summed E-state index contributed by atoms with van der Waals surface area (Å²) in [5.74, 6) is -4.00. The van der Waals surface area contributed by atoms with Crippen LogP contribution in [0.2, 0.25) is 0 Å². The van der Waals surface area contributed by atoms with Gasteiger partial charge < -0.3 is 78.8 Å². The molecule has 290 valence electrons. The molecule has 2 aliphatic heterocycles. The van der Waals surface area contributed by atoms with Crippen molar-refractivity contribution in [1.82, 2.24) is 0 Å². The quantitative estimate of drug-likeness (QED) is 0.101.